The van der Waals surface area contributed by atoms with E-state index in [0.29, 0.717) is 32.0 Å². The van der Waals surface area contributed by atoms with Crippen LogP contribution in [0.3, 0.4) is 0 Å². The van der Waals surface area contributed by atoms with E-state index in [-0.39, 0.29) is 11.5 Å². The standard InChI is InChI=1S/C21H13NO4S2/c23-19-18(28-21(27)22(19)13-6-2-1-3-7-13)12-14-10-11-17(26-14)15-8-4-5-9-16(15)20(24)25/h1-12H,(H,24,25)/p-1. The Bertz CT molecular complexity index is 1120. The number of para-hydroxylation sites is 1. The lowest BCUT2D eigenvalue weighted by Gasteiger charge is -2.13. The van der Waals surface area contributed by atoms with Crippen molar-refractivity contribution in [3.63, 3.8) is 0 Å². The first-order chi connectivity index (χ1) is 13.5. The average molecular weight is 406 g/mol. The van der Waals surface area contributed by atoms with E-state index >= 15 is 0 Å². The van der Waals surface area contributed by atoms with Crippen LogP contribution in [0.2, 0.25) is 0 Å². The van der Waals surface area contributed by atoms with Crippen molar-refractivity contribution in [2.24, 2.45) is 0 Å². The molecule has 3 aromatic rings. The first kappa shape index (κ1) is 18.2. The predicted octanol–water partition coefficient (Wildman–Crippen LogP) is 3.72. The van der Waals surface area contributed by atoms with Gasteiger partial charge in [0.2, 0.25) is 0 Å². The quantitative estimate of drug-likeness (QED) is 0.486. The van der Waals surface area contributed by atoms with Gasteiger partial charge in [0.1, 0.15) is 11.5 Å². The monoisotopic (exact) mass is 406 g/mol. The highest BCUT2D eigenvalue weighted by molar-refractivity contribution is 8.27. The third-order valence-electron chi connectivity index (χ3n) is 4.12. The minimum absolute atomic E-state index is 0.0406. The number of thioether (sulfide) groups is 1. The van der Waals surface area contributed by atoms with Gasteiger partial charge in [-0.05, 0) is 24.3 Å². The van der Waals surface area contributed by atoms with Crippen LogP contribution in [-0.2, 0) is 4.79 Å². The molecule has 7 heteroatoms. The van der Waals surface area contributed by atoms with Gasteiger partial charge in [-0.3, -0.25) is 9.69 Å². The van der Waals surface area contributed by atoms with E-state index in [0.717, 1.165) is 0 Å². The number of thiocarbonyl (C=S) groups is 1. The van der Waals surface area contributed by atoms with Crippen LogP contribution < -0.4 is 10.0 Å². The SMILES string of the molecule is O=C([O-])c1ccccc1-c1ccc(C=C2SC(=S)N(c3ccccc3)C2=O)o1. The molecule has 4 rings (SSSR count). The normalized spacial score (nSPS) is 15.4. The molecule has 28 heavy (non-hydrogen) atoms. The molecule has 1 aliphatic rings. The van der Waals surface area contributed by atoms with Crippen molar-refractivity contribution in [3.8, 4) is 11.3 Å². The number of carboxylic acid groups (broad SMARTS) is 1. The van der Waals surface area contributed by atoms with Crippen molar-refractivity contribution in [2.45, 2.75) is 0 Å². The molecule has 0 aliphatic carbocycles. The molecule has 0 saturated carbocycles. The highest BCUT2D eigenvalue weighted by Gasteiger charge is 2.33. The Labute approximate surface area is 170 Å². The number of nitrogens with zero attached hydrogens (tertiary/aromatic N) is 1. The Hall–Kier alpha value is -3.16. The van der Waals surface area contributed by atoms with Gasteiger partial charge < -0.3 is 14.3 Å². The maximum atomic E-state index is 12.8. The third kappa shape index (κ3) is 3.37. The van der Waals surface area contributed by atoms with E-state index in [1.807, 2.05) is 30.3 Å². The summed E-state index contributed by atoms with van der Waals surface area (Å²) >= 11 is 6.53. The van der Waals surface area contributed by atoms with Crippen LogP contribution in [0.15, 0.2) is 76.1 Å². The number of hydrogen-bond acceptors (Lipinski definition) is 6. The number of carbonyl (C=O) groups excluding carboxylic acids is 2. The molecule has 1 fully saturated rings. The Balaban J connectivity index is 1.64. The molecule has 1 saturated heterocycles. The number of carboxylic acids is 1. The maximum absolute atomic E-state index is 12.8. The molecule has 0 N–H and O–H groups in total. The van der Waals surface area contributed by atoms with Gasteiger partial charge in [0.05, 0.1) is 16.6 Å². The number of anilines is 1. The first-order valence-corrected chi connectivity index (χ1v) is 9.50. The van der Waals surface area contributed by atoms with Gasteiger partial charge in [-0.2, -0.15) is 0 Å². The number of rotatable bonds is 4. The van der Waals surface area contributed by atoms with Crippen molar-refractivity contribution < 1.29 is 19.1 Å². The summed E-state index contributed by atoms with van der Waals surface area (Å²) in [6, 6.07) is 18.9. The second-order valence-corrected chi connectivity index (χ2v) is 7.56. The number of carbonyl (C=O) groups is 2. The molecule has 0 bridgehead atoms. The Morgan fingerprint density at radius 2 is 1.75 bits per heavy atom. The molecule has 2 heterocycles. The van der Waals surface area contributed by atoms with Crippen LogP contribution >= 0.6 is 24.0 Å². The zero-order chi connectivity index (χ0) is 19.7. The Morgan fingerprint density at radius 3 is 2.50 bits per heavy atom. The number of hydrogen-bond donors (Lipinski definition) is 0. The van der Waals surface area contributed by atoms with Gasteiger partial charge in [-0.25, -0.2) is 0 Å². The summed E-state index contributed by atoms with van der Waals surface area (Å²) in [6.45, 7) is 0. The van der Waals surface area contributed by atoms with E-state index in [9.17, 15) is 14.7 Å². The van der Waals surface area contributed by atoms with Crippen molar-refractivity contribution in [2.75, 3.05) is 4.90 Å². The Morgan fingerprint density at radius 1 is 1.04 bits per heavy atom. The molecule has 2 aromatic carbocycles. The van der Waals surface area contributed by atoms with E-state index in [1.54, 1.807) is 36.4 Å². The predicted molar refractivity (Wildman–Crippen MR) is 111 cm³/mol. The van der Waals surface area contributed by atoms with E-state index in [4.69, 9.17) is 16.6 Å². The van der Waals surface area contributed by atoms with Gasteiger partial charge in [0.25, 0.3) is 5.91 Å². The third-order valence-corrected chi connectivity index (χ3v) is 5.42. The fourth-order valence-corrected chi connectivity index (χ4v) is 4.13. The average Bonchev–Trinajstić information content (AvgIpc) is 3.27. The smallest absolute Gasteiger partial charge is 0.270 e. The summed E-state index contributed by atoms with van der Waals surface area (Å²) in [5.74, 6) is -0.701. The molecule has 1 amide bonds. The summed E-state index contributed by atoms with van der Waals surface area (Å²) < 4.78 is 6.19. The van der Waals surface area contributed by atoms with E-state index in [1.165, 1.54) is 22.7 Å². The molecular weight excluding hydrogens is 394 g/mol. The first-order valence-electron chi connectivity index (χ1n) is 8.28. The Kier molecular flexibility index (Phi) is 4.85. The molecule has 0 spiro atoms. The lowest BCUT2D eigenvalue weighted by atomic mass is 10.1. The number of amides is 1. The fraction of sp³-hybridized carbons (Fsp3) is 0. The maximum Gasteiger partial charge on any atom is 0.270 e. The summed E-state index contributed by atoms with van der Waals surface area (Å²) in [5, 5.41) is 11.3. The van der Waals surface area contributed by atoms with Gasteiger partial charge in [-0.15, -0.1) is 0 Å². The molecule has 5 nitrogen and oxygen atoms in total. The summed E-state index contributed by atoms with van der Waals surface area (Å²) in [6.07, 6.45) is 1.60. The van der Waals surface area contributed by atoms with E-state index in [2.05, 4.69) is 0 Å². The summed E-state index contributed by atoms with van der Waals surface area (Å²) in [7, 11) is 0. The molecule has 1 aromatic heterocycles. The van der Waals surface area contributed by atoms with Crippen molar-refractivity contribution in [1.29, 1.82) is 0 Å². The molecule has 138 valence electrons. The van der Waals surface area contributed by atoms with Crippen LogP contribution in [0, 0.1) is 0 Å². The lowest BCUT2D eigenvalue weighted by molar-refractivity contribution is -0.254. The summed E-state index contributed by atoms with van der Waals surface area (Å²) in [4.78, 5) is 26.0. The van der Waals surface area contributed by atoms with Gasteiger partial charge in [0, 0.05) is 17.2 Å². The largest absolute Gasteiger partial charge is 0.545 e. The van der Waals surface area contributed by atoms with Crippen molar-refractivity contribution in [3.05, 3.63) is 83.0 Å². The minimum atomic E-state index is -1.28. The van der Waals surface area contributed by atoms with Crippen LogP contribution in [-0.4, -0.2) is 16.2 Å². The summed E-state index contributed by atoms with van der Waals surface area (Å²) in [5.41, 5.74) is 1.16. The number of aromatic carboxylic acids is 1. The van der Waals surface area contributed by atoms with E-state index < -0.39 is 5.97 Å². The number of benzene rings is 2. The minimum Gasteiger partial charge on any atom is -0.545 e. The second-order valence-electron chi connectivity index (χ2n) is 5.89. The molecule has 1 aliphatic heterocycles. The van der Waals surface area contributed by atoms with Gasteiger partial charge in [-0.1, -0.05) is 66.4 Å². The fourth-order valence-electron chi connectivity index (χ4n) is 2.85. The molecular formula is C21H12NO4S2-. The zero-order valence-electron chi connectivity index (χ0n) is 14.3. The van der Waals surface area contributed by atoms with Crippen molar-refractivity contribution >= 4 is 51.9 Å². The molecule has 0 unspecified atom stereocenters. The zero-order valence-corrected chi connectivity index (χ0v) is 16.0. The van der Waals surface area contributed by atoms with Crippen LogP contribution in [0.4, 0.5) is 5.69 Å². The van der Waals surface area contributed by atoms with Gasteiger partial charge >= 0.3 is 0 Å². The number of furan rings is 1. The molecule has 0 atom stereocenters. The van der Waals surface area contributed by atoms with Crippen LogP contribution in [0.25, 0.3) is 17.4 Å². The molecule has 0 radical (unpaired) electrons. The topological polar surface area (TPSA) is 73.6 Å². The van der Waals surface area contributed by atoms with Crippen LogP contribution in [0.1, 0.15) is 16.1 Å². The van der Waals surface area contributed by atoms with Gasteiger partial charge in [0.15, 0.2) is 4.32 Å². The second kappa shape index (κ2) is 7.46. The highest BCUT2D eigenvalue weighted by Crippen LogP contribution is 2.36. The lowest BCUT2D eigenvalue weighted by Crippen LogP contribution is -2.27. The highest BCUT2D eigenvalue weighted by atomic mass is 32.2. The van der Waals surface area contributed by atoms with Crippen molar-refractivity contribution in [1.82, 2.24) is 0 Å². The van der Waals surface area contributed by atoms with Crippen LogP contribution in [0.5, 0.6) is 0 Å².